The molecule has 0 saturated carbocycles. The number of ether oxygens (including phenoxy) is 1. The van der Waals surface area contributed by atoms with Crippen molar-refractivity contribution in [1.29, 1.82) is 0 Å². The van der Waals surface area contributed by atoms with Gasteiger partial charge in [-0.3, -0.25) is 9.59 Å². The zero-order valence-corrected chi connectivity index (χ0v) is 20.8. The van der Waals surface area contributed by atoms with Gasteiger partial charge in [-0.2, -0.15) is 0 Å². The molecule has 0 saturated heterocycles. The molecule has 0 aliphatic heterocycles. The van der Waals surface area contributed by atoms with Crippen LogP contribution in [0.25, 0.3) is 32.3 Å². The lowest BCUT2D eigenvalue weighted by atomic mass is 9.93. The zero-order chi connectivity index (χ0) is 27.5. The summed E-state index contributed by atoms with van der Waals surface area (Å²) in [7, 11) is 0. The van der Waals surface area contributed by atoms with Gasteiger partial charge in [0.1, 0.15) is 6.61 Å². The van der Waals surface area contributed by atoms with Crippen molar-refractivity contribution in [3.05, 3.63) is 72.3 Å². The van der Waals surface area contributed by atoms with Crippen molar-refractivity contribution in [2.45, 2.75) is 37.5 Å². The van der Waals surface area contributed by atoms with E-state index in [2.05, 4.69) is 41.7 Å². The summed E-state index contributed by atoms with van der Waals surface area (Å²) in [6, 6.07) is 22.4. The molecule has 2 atom stereocenters. The third-order valence-electron chi connectivity index (χ3n) is 6.74. The van der Waals surface area contributed by atoms with Crippen LogP contribution in [0.15, 0.2) is 66.7 Å². The average Bonchev–Trinajstić information content (AvgIpc) is 2.90. The van der Waals surface area contributed by atoms with Crippen molar-refractivity contribution in [3.63, 3.8) is 0 Å². The zero-order valence-electron chi connectivity index (χ0n) is 20.8. The highest BCUT2D eigenvalue weighted by Gasteiger charge is 2.42. The van der Waals surface area contributed by atoms with Crippen molar-refractivity contribution in [2.75, 3.05) is 13.2 Å². The molecule has 4 rings (SSSR count). The minimum atomic E-state index is -2.79. The van der Waals surface area contributed by atoms with Gasteiger partial charge in [-0.15, -0.1) is 0 Å². The van der Waals surface area contributed by atoms with Gasteiger partial charge in [0.2, 0.25) is 0 Å². The number of carbonyl (C=O) groups is 3. The van der Waals surface area contributed by atoms with Crippen LogP contribution in [0.2, 0.25) is 0 Å². The smallest absolute Gasteiger partial charge is 0.336 e. The van der Waals surface area contributed by atoms with Gasteiger partial charge < -0.3 is 30.5 Å². The number of carboxylic acids is 2. The third-order valence-corrected chi connectivity index (χ3v) is 6.74. The standard InChI is InChI=1S/C29H29NO8/c1-28(16-31,17-38-26(34)14-29(37,27(35)36)13-25(32)33)30-15-19-12-24-20-7-3-2-6-18(20)10-11-23(24)22-9-5-4-8-21(19)22/h2-12,30-31,37H,13-17H2,1H3,(H,32,33)(H,35,36). The summed E-state index contributed by atoms with van der Waals surface area (Å²) in [5.74, 6) is -4.50. The van der Waals surface area contributed by atoms with E-state index in [1.54, 1.807) is 6.92 Å². The molecule has 9 heteroatoms. The predicted molar refractivity (Wildman–Crippen MR) is 142 cm³/mol. The molecule has 38 heavy (non-hydrogen) atoms. The van der Waals surface area contributed by atoms with E-state index in [4.69, 9.17) is 14.9 Å². The number of aliphatic hydroxyl groups is 2. The van der Waals surface area contributed by atoms with Gasteiger partial charge in [0.15, 0.2) is 5.60 Å². The molecule has 198 valence electrons. The Bertz CT molecular complexity index is 1530. The number of carbonyl (C=O) groups excluding carboxylic acids is 1. The van der Waals surface area contributed by atoms with Crippen molar-refractivity contribution in [1.82, 2.24) is 5.32 Å². The fourth-order valence-electron chi connectivity index (χ4n) is 4.54. The molecule has 0 radical (unpaired) electrons. The molecular weight excluding hydrogens is 490 g/mol. The van der Waals surface area contributed by atoms with Crippen LogP contribution in [0.1, 0.15) is 25.3 Å². The van der Waals surface area contributed by atoms with Crippen LogP contribution in [0.5, 0.6) is 0 Å². The van der Waals surface area contributed by atoms with Gasteiger partial charge in [0.25, 0.3) is 0 Å². The van der Waals surface area contributed by atoms with Crippen molar-refractivity contribution < 1.29 is 39.5 Å². The van der Waals surface area contributed by atoms with E-state index in [-0.39, 0.29) is 6.61 Å². The van der Waals surface area contributed by atoms with Crippen LogP contribution in [0, 0.1) is 0 Å². The summed E-state index contributed by atoms with van der Waals surface area (Å²) < 4.78 is 5.15. The largest absolute Gasteiger partial charge is 0.481 e. The normalized spacial score (nSPS) is 14.7. The lowest BCUT2D eigenvalue weighted by Gasteiger charge is -2.29. The number of benzene rings is 4. The lowest BCUT2D eigenvalue weighted by Crippen LogP contribution is -2.50. The monoisotopic (exact) mass is 519 g/mol. The first kappa shape index (κ1) is 27.0. The number of hydrogen-bond acceptors (Lipinski definition) is 7. The SMILES string of the molecule is CC(CO)(COC(=O)CC(O)(CC(=O)O)C(=O)O)NCc1cc2c3ccccc3ccc2c2ccccc12. The predicted octanol–water partition coefficient (Wildman–Crippen LogP) is 3.21. The Morgan fingerprint density at radius 2 is 1.47 bits per heavy atom. The Morgan fingerprint density at radius 3 is 2.13 bits per heavy atom. The summed E-state index contributed by atoms with van der Waals surface area (Å²) in [5.41, 5.74) is -2.92. The highest BCUT2D eigenvalue weighted by atomic mass is 16.5. The van der Waals surface area contributed by atoms with E-state index >= 15 is 0 Å². The summed E-state index contributed by atoms with van der Waals surface area (Å²) in [4.78, 5) is 34.5. The second kappa shape index (κ2) is 10.7. The molecule has 4 aromatic carbocycles. The lowest BCUT2D eigenvalue weighted by molar-refractivity contribution is -0.172. The first-order chi connectivity index (χ1) is 18.0. The van der Waals surface area contributed by atoms with Gasteiger partial charge in [0, 0.05) is 6.54 Å². The maximum atomic E-state index is 12.3. The molecule has 0 aliphatic carbocycles. The van der Waals surface area contributed by atoms with Crippen LogP contribution in [0.4, 0.5) is 0 Å². The summed E-state index contributed by atoms with van der Waals surface area (Å²) in [6.07, 6.45) is -2.20. The number of aliphatic hydroxyl groups excluding tert-OH is 1. The van der Waals surface area contributed by atoms with Crippen LogP contribution < -0.4 is 5.32 Å². The van der Waals surface area contributed by atoms with Crippen LogP contribution in [-0.4, -0.2) is 62.7 Å². The molecular formula is C29H29NO8. The Morgan fingerprint density at radius 1 is 0.842 bits per heavy atom. The summed E-state index contributed by atoms with van der Waals surface area (Å²) >= 11 is 0. The quantitative estimate of drug-likeness (QED) is 0.148. The summed E-state index contributed by atoms with van der Waals surface area (Å²) in [6.45, 7) is 1.22. The van der Waals surface area contributed by atoms with Gasteiger partial charge >= 0.3 is 17.9 Å². The molecule has 0 aromatic heterocycles. The average molecular weight is 520 g/mol. The minimum Gasteiger partial charge on any atom is -0.481 e. The van der Waals surface area contributed by atoms with E-state index in [1.807, 2.05) is 30.3 Å². The van der Waals surface area contributed by atoms with E-state index in [0.29, 0.717) is 6.54 Å². The maximum absolute atomic E-state index is 12.3. The number of fused-ring (bicyclic) bond motifs is 5. The number of esters is 1. The number of rotatable bonds is 11. The van der Waals surface area contributed by atoms with Crippen molar-refractivity contribution >= 4 is 50.2 Å². The van der Waals surface area contributed by atoms with Crippen LogP contribution in [0.3, 0.4) is 0 Å². The fraction of sp³-hybridized carbons (Fsp3) is 0.276. The molecule has 0 aliphatic rings. The van der Waals surface area contributed by atoms with E-state index in [9.17, 15) is 24.6 Å². The number of aliphatic carboxylic acids is 2. The highest BCUT2D eigenvalue weighted by Crippen LogP contribution is 2.33. The third kappa shape index (κ3) is 5.60. The van der Waals surface area contributed by atoms with Gasteiger partial charge in [0.05, 0.1) is 25.0 Å². The highest BCUT2D eigenvalue weighted by molar-refractivity contribution is 6.18. The molecule has 0 fully saturated rings. The number of nitrogens with one attached hydrogen (secondary N) is 1. The molecule has 0 heterocycles. The Labute approximate surface area is 218 Å². The first-order valence-corrected chi connectivity index (χ1v) is 12.1. The van der Waals surface area contributed by atoms with Gasteiger partial charge in [-0.25, -0.2) is 4.79 Å². The minimum absolute atomic E-state index is 0.326. The van der Waals surface area contributed by atoms with Gasteiger partial charge in [-0.1, -0.05) is 60.7 Å². The molecule has 9 nitrogen and oxygen atoms in total. The van der Waals surface area contributed by atoms with E-state index in [1.165, 1.54) is 0 Å². The van der Waals surface area contributed by atoms with E-state index < -0.39 is 48.5 Å². The Hall–Kier alpha value is -4.05. The second-order valence-electron chi connectivity index (χ2n) is 9.78. The van der Waals surface area contributed by atoms with Crippen LogP contribution in [-0.2, 0) is 25.7 Å². The van der Waals surface area contributed by atoms with Crippen molar-refractivity contribution in [3.8, 4) is 0 Å². The molecule has 2 unspecified atom stereocenters. The molecule has 0 amide bonds. The second-order valence-corrected chi connectivity index (χ2v) is 9.78. The van der Waals surface area contributed by atoms with E-state index in [0.717, 1.165) is 37.9 Å². The van der Waals surface area contributed by atoms with Gasteiger partial charge in [-0.05, 0) is 50.9 Å². The maximum Gasteiger partial charge on any atom is 0.336 e. The molecule has 0 spiro atoms. The Kier molecular flexibility index (Phi) is 7.63. The number of carboxylic acid groups (broad SMARTS) is 2. The molecule has 5 N–H and O–H groups in total. The first-order valence-electron chi connectivity index (χ1n) is 12.1. The van der Waals surface area contributed by atoms with Crippen molar-refractivity contribution in [2.24, 2.45) is 0 Å². The molecule has 0 bridgehead atoms. The molecule has 4 aromatic rings. The number of hydrogen-bond donors (Lipinski definition) is 5. The van der Waals surface area contributed by atoms with Crippen LogP contribution >= 0.6 is 0 Å². The Balaban J connectivity index is 1.56. The summed E-state index contributed by atoms with van der Waals surface area (Å²) in [5, 5.41) is 48.0. The topological polar surface area (TPSA) is 153 Å². The fourth-order valence-corrected chi connectivity index (χ4v) is 4.54.